The molecule has 0 unspecified atom stereocenters. The van der Waals surface area contributed by atoms with E-state index in [1.165, 1.54) is 0 Å². The van der Waals surface area contributed by atoms with Gasteiger partial charge in [-0.25, -0.2) is 0 Å². The van der Waals surface area contributed by atoms with E-state index in [1.807, 2.05) is 30.3 Å². The number of anilines is 1. The molecule has 2 rings (SSSR count). The molecule has 0 aliphatic heterocycles. The van der Waals surface area contributed by atoms with Crippen LogP contribution in [0.3, 0.4) is 0 Å². The SMILES string of the molecule is N#Cc1cc(Oc2ccc(I)cc2)ccc1N. The van der Waals surface area contributed by atoms with Crippen LogP contribution < -0.4 is 10.5 Å². The van der Waals surface area contributed by atoms with Gasteiger partial charge in [0.2, 0.25) is 0 Å². The fourth-order valence-electron chi connectivity index (χ4n) is 1.33. The number of nitrogen functional groups attached to an aromatic ring is 1. The highest BCUT2D eigenvalue weighted by atomic mass is 127. The lowest BCUT2D eigenvalue weighted by Crippen LogP contribution is -1.91. The topological polar surface area (TPSA) is 59.0 Å². The van der Waals surface area contributed by atoms with Crippen molar-refractivity contribution >= 4 is 28.3 Å². The molecule has 2 N–H and O–H groups in total. The molecule has 0 saturated heterocycles. The second-order valence-electron chi connectivity index (χ2n) is 3.42. The van der Waals surface area contributed by atoms with Gasteiger partial charge in [0, 0.05) is 15.3 Å². The number of halogens is 1. The molecule has 0 aliphatic rings. The van der Waals surface area contributed by atoms with Gasteiger partial charge in [0.25, 0.3) is 0 Å². The van der Waals surface area contributed by atoms with E-state index in [-0.39, 0.29) is 0 Å². The zero-order chi connectivity index (χ0) is 12.3. The third kappa shape index (κ3) is 2.88. The van der Waals surface area contributed by atoms with E-state index in [0.29, 0.717) is 17.0 Å². The number of ether oxygens (including phenoxy) is 1. The first-order valence-electron chi connectivity index (χ1n) is 4.92. The molecule has 17 heavy (non-hydrogen) atoms. The molecular formula is C13H9IN2O. The minimum absolute atomic E-state index is 0.424. The molecule has 2 aromatic carbocycles. The van der Waals surface area contributed by atoms with Crippen molar-refractivity contribution < 1.29 is 4.74 Å². The second kappa shape index (κ2) is 5.06. The summed E-state index contributed by atoms with van der Waals surface area (Å²) in [6.45, 7) is 0. The van der Waals surface area contributed by atoms with Crippen molar-refractivity contribution in [2.75, 3.05) is 5.73 Å². The van der Waals surface area contributed by atoms with E-state index in [9.17, 15) is 0 Å². The molecule has 84 valence electrons. The maximum Gasteiger partial charge on any atom is 0.128 e. The van der Waals surface area contributed by atoms with Gasteiger partial charge < -0.3 is 10.5 Å². The van der Waals surface area contributed by atoms with Crippen LogP contribution >= 0.6 is 22.6 Å². The lowest BCUT2D eigenvalue weighted by Gasteiger charge is -2.06. The molecule has 4 heteroatoms. The zero-order valence-corrected chi connectivity index (χ0v) is 11.0. The van der Waals surface area contributed by atoms with Crippen LogP contribution in [0.5, 0.6) is 11.5 Å². The molecule has 0 aliphatic carbocycles. The average molecular weight is 336 g/mol. The summed E-state index contributed by atoms with van der Waals surface area (Å²) in [6.07, 6.45) is 0. The first-order valence-corrected chi connectivity index (χ1v) is 6.00. The molecular weight excluding hydrogens is 327 g/mol. The summed E-state index contributed by atoms with van der Waals surface area (Å²) in [4.78, 5) is 0. The van der Waals surface area contributed by atoms with E-state index < -0.39 is 0 Å². The minimum atomic E-state index is 0.424. The molecule has 0 spiro atoms. The van der Waals surface area contributed by atoms with Gasteiger partial charge in [-0.3, -0.25) is 0 Å². The predicted molar refractivity (Wildman–Crippen MR) is 74.8 cm³/mol. The lowest BCUT2D eigenvalue weighted by molar-refractivity contribution is 0.482. The van der Waals surface area contributed by atoms with Crippen molar-refractivity contribution in [3.05, 3.63) is 51.6 Å². The molecule has 0 amide bonds. The largest absolute Gasteiger partial charge is 0.457 e. The maximum atomic E-state index is 8.86. The Hall–Kier alpha value is -1.74. The number of nitriles is 1. The van der Waals surface area contributed by atoms with Crippen LogP contribution in [0.1, 0.15) is 5.56 Å². The van der Waals surface area contributed by atoms with Gasteiger partial charge in [-0.2, -0.15) is 5.26 Å². The van der Waals surface area contributed by atoms with Crippen molar-refractivity contribution in [2.24, 2.45) is 0 Å². The van der Waals surface area contributed by atoms with Crippen LogP contribution in [-0.4, -0.2) is 0 Å². The van der Waals surface area contributed by atoms with E-state index >= 15 is 0 Å². The highest BCUT2D eigenvalue weighted by molar-refractivity contribution is 14.1. The molecule has 0 heterocycles. The van der Waals surface area contributed by atoms with Crippen LogP contribution in [-0.2, 0) is 0 Å². The Morgan fingerprint density at radius 3 is 2.35 bits per heavy atom. The van der Waals surface area contributed by atoms with E-state index in [1.54, 1.807) is 18.2 Å². The number of hydrogen-bond donors (Lipinski definition) is 1. The summed E-state index contributed by atoms with van der Waals surface area (Å²) in [5.74, 6) is 1.34. The fraction of sp³-hybridized carbons (Fsp3) is 0. The summed E-state index contributed by atoms with van der Waals surface area (Å²) in [5.41, 5.74) is 6.52. The zero-order valence-electron chi connectivity index (χ0n) is 8.85. The first-order chi connectivity index (χ1) is 8.19. The van der Waals surface area contributed by atoms with E-state index in [0.717, 1.165) is 9.32 Å². The van der Waals surface area contributed by atoms with Crippen LogP contribution in [0.2, 0.25) is 0 Å². The maximum absolute atomic E-state index is 8.86. The van der Waals surface area contributed by atoms with Crippen molar-refractivity contribution in [1.82, 2.24) is 0 Å². The van der Waals surface area contributed by atoms with E-state index in [4.69, 9.17) is 15.7 Å². The Labute approximate surface area is 113 Å². The van der Waals surface area contributed by atoms with Gasteiger partial charge in [-0.05, 0) is 59.0 Å². The molecule has 0 bridgehead atoms. The van der Waals surface area contributed by atoms with Gasteiger partial charge >= 0.3 is 0 Å². The fourth-order valence-corrected chi connectivity index (χ4v) is 1.69. The monoisotopic (exact) mass is 336 g/mol. The number of rotatable bonds is 2. The normalized spacial score (nSPS) is 9.65. The molecule has 0 radical (unpaired) electrons. The summed E-state index contributed by atoms with van der Waals surface area (Å²) >= 11 is 2.23. The molecule has 2 aromatic rings. The molecule has 0 aromatic heterocycles. The van der Waals surface area contributed by atoms with Crippen molar-refractivity contribution in [1.29, 1.82) is 5.26 Å². The average Bonchev–Trinajstić information content (AvgIpc) is 2.34. The van der Waals surface area contributed by atoms with Crippen LogP contribution in [0.15, 0.2) is 42.5 Å². The van der Waals surface area contributed by atoms with Crippen LogP contribution in [0, 0.1) is 14.9 Å². The van der Waals surface area contributed by atoms with Crippen molar-refractivity contribution in [3.63, 3.8) is 0 Å². The minimum Gasteiger partial charge on any atom is -0.457 e. The number of hydrogen-bond acceptors (Lipinski definition) is 3. The summed E-state index contributed by atoms with van der Waals surface area (Å²) in [5, 5.41) is 8.86. The Morgan fingerprint density at radius 1 is 1.06 bits per heavy atom. The molecule has 0 saturated carbocycles. The van der Waals surface area contributed by atoms with Gasteiger partial charge in [-0.15, -0.1) is 0 Å². The molecule has 3 nitrogen and oxygen atoms in total. The quantitative estimate of drug-likeness (QED) is 0.674. The van der Waals surface area contributed by atoms with E-state index in [2.05, 4.69) is 22.6 Å². The van der Waals surface area contributed by atoms with Gasteiger partial charge in [-0.1, -0.05) is 0 Å². The summed E-state index contributed by atoms with van der Waals surface area (Å²) in [7, 11) is 0. The Bertz CT molecular complexity index is 573. The number of nitrogens with two attached hydrogens (primary N) is 1. The van der Waals surface area contributed by atoms with Crippen LogP contribution in [0.4, 0.5) is 5.69 Å². The smallest absolute Gasteiger partial charge is 0.128 e. The Morgan fingerprint density at radius 2 is 1.71 bits per heavy atom. The predicted octanol–water partition coefficient (Wildman–Crippen LogP) is 3.54. The van der Waals surface area contributed by atoms with Gasteiger partial charge in [0.1, 0.15) is 17.6 Å². The highest BCUT2D eigenvalue weighted by Gasteiger charge is 2.02. The Kier molecular flexibility index (Phi) is 3.49. The molecule has 0 atom stereocenters. The highest BCUT2D eigenvalue weighted by Crippen LogP contribution is 2.25. The third-order valence-electron chi connectivity index (χ3n) is 2.19. The lowest BCUT2D eigenvalue weighted by atomic mass is 10.2. The third-order valence-corrected chi connectivity index (χ3v) is 2.91. The number of benzene rings is 2. The first kappa shape index (κ1) is 11.7. The van der Waals surface area contributed by atoms with Gasteiger partial charge in [0.05, 0.1) is 5.56 Å². The van der Waals surface area contributed by atoms with Crippen molar-refractivity contribution in [3.8, 4) is 17.6 Å². The van der Waals surface area contributed by atoms with Gasteiger partial charge in [0.15, 0.2) is 0 Å². The van der Waals surface area contributed by atoms with Crippen molar-refractivity contribution in [2.45, 2.75) is 0 Å². The van der Waals surface area contributed by atoms with Crippen LogP contribution in [0.25, 0.3) is 0 Å². The Balaban J connectivity index is 2.25. The standard InChI is InChI=1S/C13H9IN2O/c14-10-1-3-11(4-2-10)17-12-5-6-13(16)9(7-12)8-15/h1-7H,16H2. The number of nitrogens with zero attached hydrogens (tertiary/aromatic N) is 1. The summed E-state index contributed by atoms with van der Waals surface area (Å²) in [6, 6.07) is 14.7. The molecule has 0 fully saturated rings. The summed E-state index contributed by atoms with van der Waals surface area (Å²) < 4.78 is 6.76. The second-order valence-corrected chi connectivity index (χ2v) is 4.66.